The minimum Gasteiger partial charge on any atom is -0.495 e. The fourth-order valence-electron chi connectivity index (χ4n) is 2.01. The molecule has 1 saturated carbocycles. The maximum atomic E-state index is 10.1. The number of rotatable bonds is 3. The van der Waals surface area contributed by atoms with E-state index in [0.717, 1.165) is 18.4 Å². The molecule has 0 heterocycles. The summed E-state index contributed by atoms with van der Waals surface area (Å²) in [5, 5.41) is 10.1. The first kappa shape index (κ1) is 10.3. The van der Waals surface area contributed by atoms with E-state index in [1.807, 2.05) is 18.2 Å². The Hall–Kier alpha value is -1.22. The quantitative estimate of drug-likeness (QED) is 0.746. The average Bonchev–Trinajstić information content (AvgIpc) is 2.15. The van der Waals surface area contributed by atoms with E-state index in [2.05, 4.69) is 0 Å². The highest BCUT2D eigenvalue weighted by Gasteiger charge is 2.28. The van der Waals surface area contributed by atoms with E-state index in [-0.39, 0.29) is 0 Å². The number of anilines is 1. The lowest BCUT2D eigenvalue weighted by Crippen LogP contribution is -2.21. The van der Waals surface area contributed by atoms with Crippen molar-refractivity contribution in [3.05, 3.63) is 23.8 Å². The van der Waals surface area contributed by atoms with E-state index < -0.39 is 6.10 Å². The molecule has 0 spiro atoms. The van der Waals surface area contributed by atoms with E-state index in [0.29, 0.717) is 17.4 Å². The molecule has 0 saturated heterocycles. The molecule has 1 aromatic rings. The molecule has 2 rings (SSSR count). The highest BCUT2D eigenvalue weighted by Crippen LogP contribution is 2.41. The monoisotopic (exact) mass is 207 g/mol. The van der Waals surface area contributed by atoms with Crippen molar-refractivity contribution >= 4 is 5.69 Å². The molecule has 1 aliphatic carbocycles. The lowest BCUT2D eigenvalue weighted by Gasteiger charge is -2.31. The van der Waals surface area contributed by atoms with Crippen molar-refractivity contribution in [2.45, 2.75) is 25.4 Å². The number of para-hydroxylation sites is 1. The number of hydrogen-bond acceptors (Lipinski definition) is 3. The molecular weight excluding hydrogens is 190 g/mol. The number of ether oxygens (including phenoxy) is 1. The smallest absolute Gasteiger partial charge is 0.142 e. The molecule has 1 aromatic carbocycles. The Balaban J connectivity index is 2.26. The Bertz CT molecular complexity index is 347. The van der Waals surface area contributed by atoms with Gasteiger partial charge >= 0.3 is 0 Å². The maximum absolute atomic E-state index is 10.1. The molecule has 0 bridgehead atoms. The van der Waals surface area contributed by atoms with Crippen LogP contribution in [0.5, 0.6) is 5.75 Å². The van der Waals surface area contributed by atoms with Crippen LogP contribution < -0.4 is 10.5 Å². The first-order valence-corrected chi connectivity index (χ1v) is 5.34. The van der Waals surface area contributed by atoms with Gasteiger partial charge in [-0.1, -0.05) is 18.6 Å². The number of hydrogen-bond donors (Lipinski definition) is 2. The number of aliphatic hydroxyl groups excluding tert-OH is 1. The molecule has 3 heteroatoms. The van der Waals surface area contributed by atoms with Crippen molar-refractivity contribution in [3.63, 3.8) is 0 Å². The molecule has 82 valence electrons. The van der Waals surface area contributed by atoms with Crippen molar-refractivity contribution in [1.82, 2.24) is 0 Å². The van der Waals surface area contributed by atoms with Gasteiger partial charge in [0.25, 0.3) is 0 Å². The number of nitrogen functional groups attached to an aromatic ring is 1. The number of methoxy groups -OCH3 is 1. The zero-order valence-corrected chi connectivity index (χ0v) is 8.94. The molecule has 15 heavy (non-hydrogen) atoms. The van der Waals surface area contributed by atoms with E-state index in [1.54, 1.807) is 7.11 Å². The molecule has 3 N–H and O–H groups in total. The van der Waals surface area contributed by atoms with Gasteiger partial charge in [-0.15, -0.1) is 0 Å². The average molecular weight is 207 g/mol. The topological polar surface area (TPSA) is 55.5 Å². The lowest BCUT2D eigenvalue weighted by molar-refractivity contribution is 0.0625. The molecule has 1 aliphatic rings. The van der Waals surface area contributed by atoms with Gasteiger partial charge in [0.2, 0.25) is 0 Å². The highest BCUT2D eigenvalue weighted by atomic mass is 16.5. The molecule has 1 atom stereocenters. The third-order valence-corrected chi connectivity index (χ3v) is 3.23. The van der Waals surface area contributed by atoms with Crippen LogP contribution in [0.4, 0.5) is 5.69 Å². The fraction of sp³-hybridized carbons (Fsp3) is 0.500. The largest absolute Gasteiger partial charge is 0.495 e. The van der Waals surface area contributed by atoms with Crippen LogP contribution in [0.15, 0.2) is 18.2 Å². The predicted octanol–water partition coefficient (Wildman–Crippen LogP) is 2.11. The van der Waals surface area contributed by atoms with E-state index >= 15 is 0 Å². The summed E-state index contributed by atoms with van der Waals surface area (Å²) in [6.07, 6.45) is 2.97. The summed E-state index contributed by atoms with van der Waals surface area (Å²) in [5.74, 6) is 1.02. The second-order valence-electron chi connectivity index (χ2n) is 4.10. The van der Waals surface area contributed by atoms with Crippen molar-refractivity contribution in [1.29, 1.82) is 0 Å². The standard InChI is InChI=1S/C12H17NO2/c1-15-10-7-3-6-9(11(10)13)12(14)8-4-2-5-8/h3,6-8,12,14H,2,4-5,13H2,1H3. The van der Waals surface area contributed by atoms with Crippen molar-refractivity contribution in [3.8, 4) is 5.75 Å². The van der Waals surface area contributed by atoms with Crippen molar-refractivity contribution in [2.24, 2.45) is 5.92 Å². The zero-order chi connectivity index (χ0) is 10.8. The van der Waals surface area contributed by atoms with Gasteiger partial charge in [-0.2, -0.15) is 0 Å². The second kappa shape index (κ2) is 4.11. The van der Waals surface area contributed by atoms with Crippen LogP contribution in [0.1, 0.15) is 30.9 Å². The van der Waals surface area contributed by atoms with Crippen LogP contribution in [0, 0.1) is 5.92 Å². The summed E-state index contributed by atoms with van der Waals surface area (Å²) < 4.78 is 5.13. The van der Waals surface area contributed by atoms with Gasteiger partial charge in [0.15, 0.2) is 0 Å². The Morgan fingerprint density at radius 2 is 2.20 bits per heavy atom. The highest BCUT2D eigenvalue weighted by molar-refractivity contribution is 5.59. The molecule has 1 fully saturated rings. The zero-order valence-electron chi connectivity index (χ0n) is 8.94. The third kappa shape index (κ3) is 1.79. The van der Waals surface area contributed by atoms with E-state index in [9.17, 15) is 5.11 Å². The number of aliphatic hydroxyl groups is 1. The molecule has 3 nitrogen and oxygen atoms in total. The molecule has 1 unspecified atom stereocenters. The third-order valence-electron chi connectivity index (χ3n) is 3.23. The van der Waals surface area contributed by atoms with E-state index in [1.165, 1.54) is 6.42 Å². The molecular formula is C12H17NO2. The van der Waals surface area contributed by atoms with Crippen LogP contribution >= 0.6 is 0 Å². The van der Waals surface area contributed by atoms with Gasteiger partial charge in [0.1, 0.15) is 5.75 Å². The maximum Gasteiger partial charge on any atom is 0.142 e. The van der Waals surface area contributed by atoms with Gasteiger partial charge in [-0.05, 0) is 24.8 Å². The summed E-state index contributed by atoms with van der Waals surface area (Å²) in [5.41, 5.74) is 7.30. The van der Waals surface area contributed by atoms with Gasteiger partial charge in [-0.25, -0.2) is 0 Å². The summed E-state index contributed by atoms with van der Waals surface area (Å²) in [7, 11) is 1.59. The molecule has 0 radical (unpaired) electrons. The summed E-state index contributed by atoms with van der Waals surface area (Å²) in [4.78, 5) is 0. The minimum atomic E-state index is -0.436. The van der Waals surface area contributed by atoms with Gasteiger partial charge in [-0.3, -0.25) is 0 Å². The Morgan fingerprint density at radius 1 is 1.47 bits per heavy atom. The molecule has 0 aliphatic heterocycles. The van der Waals surface area contributed by atoms with E-state index in [4.69, 9.17) is 10.5 Å². The first-order chi connectivity index (χ1) is 7.24. The van der Waals surface area contributed by atoms with Crippen LogP contribution in [0.2, 0.25) is 0 Å². The second-order valence-corrected chi connectivity index (χ2v) is 4.10. The fourth-order valence-corrected chi connectivity index (χ4v) is 2.01. The summed E-state index contributed by atoms with van der Waals surface area (Å²) in [6.45, 7) is 0. The van der Waals surface area contributed by atoms with Crippen LogP contribution in [-0.2, 0) is 0 Å². The van der Waals surface area contributed by atoms with Crippen LogP contribution in [0.25, 0.3) is 0 Å². The Kier molecular flexibility index (Phi) is 2.82. The summed E-state index contributed by atoms with van der Waals surface area (Å²) in [6, 6.07) is 5.56. The van der Waals surface area contributed by atoms with Gasteiger partial charge in [0, 0.05) is 5.56 Å². The van der Waals surface area contributed by atoms with Gasteiger partial charge < -0.3 is 15.6 Å². The predicted molar refractivity (Wildman–Crippen MR) is 59.7 cm³/mol. The Morgan fingerprint density at radius 3 is 2.73 bits per heavy atom. The minimum absolute atomic E-state index is 0.374. The molecule has 0 aromatic heterocycles. The van der Waals surface area contributed by atoms with Crippen LogP contribution in [0.3, 0.4) is 0 Å². The SMILES string of the molecule is COc1cccc(C(O)C2CCC2)c1N. The number of nitrogens with two attached hydrogens (primary N) is 1. The van der Waals surface area contributed by atoms with Gasteiger partial charge in [0.05, 0.1) is 18.9 Å². The Labute approximate surface area is 89.9 Å². The molecule has 0 amide bonds. The van der Waals surface area contributed by atoms with Crippen molar-refractivity contribution < 1.29 is 9.84 Å². The van der Waals surface area contributed by atoms with Crippen LogP contribution in [-0.4, -0.2) is 12.2 Å². The first-order valence-electron chi connectivity index (χ1n) is 5.34. The number of benzene rings is 1. The lowest BCUT2D eigenvalue weighted by atomic mass is 9.78. The van der Waals surface area contributed by atoms with Crippen molar-refractivity contribution in [2.75, 3.05) is 12.8 Å². The normalized spacial score (nSPS) is 18.3. The summed E-state index contributed by atoms with van der Waals surface area (Å²) >= 11 is 0.